The molecule has 1 aliphatic heterocycles. The lowest BCUT2D eigenvalue weighted by Crippen LogP contribution is -2.53. The first-order chi connectivity index (χ1) is 14.2. The van der Waals surface area contributed by atoms with Gasteiger partial charge in [0, 0.05) is 32.7 Å². The molecule has 2 rings (SSSR count). The molecule has 176 valence electrons. The van der Waals surface area contributed by atoms with Crippen molar-refractivity contribution in [1.29, 1.82) is 0 Å². The Hall–Kier alpha value is -1.91. The summed E-state index contributed by atoms with van der Waals surface area (Å²) in [6, 6.07) is 6.00. The molecule has 0 aliphatic carbocycles. The first-order valence-electron chi connectivity index (χ1n) is 10.6. The number of hydrogen-bond acceptors (Lipinski definition) is 5. The van der Waals surface area contributed by atoms with E-state index in [9.17, 15) is 4.79 Å². The molecule has 0 radical (unpaired) electrons. The van der Waals surface area contributed by atoms with Crippen molar-refractivity contribution in [3.8, 4) is 11.5 Å². The Morgan fingerprint density at radius 2 is 1.77 bits per heavy atom. The third kappa shape index (κ3) is 9.00. The van der Waals surface area contributed by atoms with Gasteiger partial charge in [-0.05, 0) is 58.2 Å². The number of amides is 1. The summed E-state index contributed by atoms with van der Waals surface area (Å²) in [6.45, 7) is 11.3. The van der Waals surface area contributed by atoms with E-state index in [0.29, 0.717) is 45.3 Å². The average molecular weight is 548 g/mol. The van der Waals surface area contributed by atoms with Gasteiger partial charge < -0.3 is 29.7 Å². The van der Waals surface area contributed by atoms with Crippen LogP contribution in [0.3, 0.4) is 0 Å². The number of methoxy groups -OCH3 is 1. The Morgan fingerprint density at radius 3 is 2.35 bits per heavy atom. The van der Waals surface area contributed by atoms with Crippen LogP contribution in [0.15, 0.2) is 23.2 Å². The molecule has 1 heterocycles. The Labute approximate surface area is 203 Å². The maximum atomic E-state index is 12.1. The summed E-state index contributed by atoms with van der Waals surface area (Å²) >= 11 is 0. The highest BCUT2D eigenvalue weighted by Crippen LogP contribution is 2.28. The summed E-state index contributed by atoms with van der Waals surface area (Å²) in [7, 11) is 1.64. The van der Waals surface area contributed by atoms with E-state index in [0.717, 1.165) is 24.3 Å². The summed E-state index contributed by atoms with van der Waals surface area (Å²) in [4.78, 5) is 20.4. The third-order valence-electron chi connectivity index (χ3n) is 4.68. The van der Waals surface area contributed by atoms with Crippen molar-refractivity contribution in [2.24, 2.45) is 10.7 Å². The van der Waals surface area contributed by atoms with Gasteiger partial charge >= 0.3 is 6.09 Å². The van der Waals surface area contributed by atoms with Crippen LogP contribution >= 0.6 is 24.0 Å². The zero-order chi connectivity index (χ0) is 22.1. The molecule has 31 heavy (non-hydrogen) atoms. The number of benzene rings is 1. The quantitative estimate of drug-likeness (QED) is 0.243. The van der Waals surface area contributed by atoms with Crippen LogP contribution in [0, 0.1) is 0 Å². The van der Waals surface area contributed by atoms with Gasteiger partial charge in [-0.1, -0.05) is 6.07 Å². The summed E-state index contributed by atoms with van der Waals surface area (Å²) in [6.07, 6.45) is 1.49. The zero-order valence-electron chi connectivity index (χ0n) is 19.3. The summed E-state index contributed by atoms with van der Waals surface area (Å²) in [5, 5.41) is 0. The molecule has 1 aromatic carbocycles. The lowest BCUT2D eigenvalue weighted by molar-refractivity contribution is 0.0186. The van der Waals surface area contributed by atoms with Crippen LogP contribution in [0.25, 0.3) is 0 Å². The largest absolute Gasteiger partial charge is 0.493 e. The molecule has 8 nitrogen and oxygen atoms in total. The van der Waals surface area contributed by atoms with E-state index >= 15 is 0 Å². The van der Waals surface area contributed by atoms with Gasteiger partial charge in [-0.25, -0.2) is 4.79 Å². The molecule has 1 amide bonds. The van der Waals surface area contributed by atoms with E-state index in [4.69, 9.17) is 19.9 Å². The number of aliphatic imine (C=N–C) groups is 1. The van der Waals surface area contributed by atoms with Crippen molar-refractivity contribution < 1.29 is 19.0 Å². The number of carbonyl (C=O) groups excluding carboxylic acids is 1. The van der Waals surface area contributed by atoms with Gasteiger partial charge in [0.05, 0.1) is 13.7 Å². The number of guanidine groups is 1. The lowest BCUT2D eigenvalue weighted by atomic mass is 10.1. The molecule has 2 N–H and O–H groups in total. The van der Waals surface area contributed by atoms with E-state index in [-0.39, 0.29) is 30.1 Å². The fourth-order valence-corrected chi connectivity index (χ4v) is 3.17. The molecule has 1 saturated heterocycles. The first-order valence-corrected chi connectivity index (χ1v) is 10.6. The number of piperazine rings is 1. The molecule has 0 spiro atoms. The van der Waals surface area contributed by atoms with Gasteiger partial charge in [-0.15, -0.1) is 24.0 Å². The number of nitrogens with two attached hydrogens (primary N) is 1. The van der Waals surface area contributed by atoms with Crippen LogP contribution < -0.4 is 15.2 Å². The highest BCUT2D eigenvalue weighted by molar-refractivity contribution is 14.0. The van der Waals surface area contributed by atoms with E-state index in [1.807, 2.05) is 50.8 Å². The molecule has 0 aromatic heterocycles. The van der Waals surface area contributed by atoms with Crippen LogP contribution in [0.1, 0.15) is 39.7 Å². The van der Waals surface area contributed by atoms with Crippen LogP contribution in [0.5, 0.6) is 11.5 Å². The molecule has 0 bridgehead atoms. The van der Waals surface area contributed by atoms with Crippen LogP contribution in [-0.2, 0) is 11.2 Å². The molecular formula is C22H37IN4O4. The summed E-state index contributed by atoms with van der Waals surface area (Å²) < 4.78 is 16.4. The minimum Gasteiger partial charge on any atom is -0.493 e. The predicted molar refractivity (Wildman–Crippen MR) is 134 cm³/mol. The van der Waals surface area contributed by atoms with Gasteiger partial charge in [-0.3, -0.25) is 4.99 Å². The standard InChI is InChI=1S/C22H36N4O4.HI/c1-6-29-19-16-17(9-10-18(19)28-5)8-7-11-24-20(23)25-12-14-26(15-13-25)21(27)30-22(2,3)4;/h9-10,16H,6-8,11-15H2,1-5H3,(H2,23,24);1H. The normalized spacial score (nSPS) is 14.7. The minimum atomic E-state index is -0.484. The van der Waals surface area contributed by atoms with Gasteiger partial charge in [0.15, 0.2) is 17.5 Å². The van der Waals surface area contributed by atoms with Crippen molar-refractivity contribution in [3.05, 3.63) is 23.8 Å². The number of hydrogen-bond donors (Lipinski definition) is 1. The van der Waals surface area contributed by atoms with E-state index in [1.54, 1.807) is 12.0 Å². The number of aryl methyl sites for hydroxylation is 1. The van der Waals surface area contributed by atoms with Crippen molar-refractivity contribution in [2.45, 2.75) is 46.1 Å². The van der Waals surface area contributed by atoms with Gasteiger partial charge in [0.25, 0.3) is 0 Å². The number of rotatable bonds is 7. The molecule has 1 fully saturated rings. The molecule has 1 aromatic rings. The third-order valence-corrected chi connectivity index (χ3v) is 4.68. The van der Waals surface area contributed by atoms with Gasteiger partial charge in [0.2, 0.25) is 0 Å². The average Bonchev–Trinajstić information content (AvgIpc) is 2.70. The number of ether oxygens (including phenoxy) is 3. The smallest absolute Gasteiger partial charge is 0.410 e. The van der Waals surface area contributed by atoms with Crippen LogP contribution in [0.2, 0.25) is 0 Å². The fraction of sp³-hybridized carbons (Fsp3) is 0.636. The fourth-order valence-electron chi connectivity index (χ4n) is 3.17. The van der Waals surface area contributed by atoms with Crippen LogP contribution in [0.4, 0.5) is 4.79 Å². The molecular weight excluding hydrogens is 511 g/mol. The van der Waals surface area contributed by atoms with Crippen molar-refractivity contribution in [2.75, 3.05) is 46.4 Å². The van der Waals surface area contributed by atoms with E-state index < -0.39 is 5.60 Å². The van der Waals surface area contributed by atoms with Crippen molar-refractivity contribution in [1.82, 2.24) is 9.80 Å². The minimum absolute atomic E-state index is 0. The number of halogens is 1. The first kappa shape index (κ1) is 27.1. The summed E-state index contributed by atoms with van der Waals surface area (Å²) in [5.41, 5.74) is 6.85. The second kappa shape index (κ2) is 12.8. The van der Waals surface area contributed by atoms with E-state index in [1.165, 1.54) is 5.56 Å². The van der Waals surface area contributed by atoms with Gasteiger partial charge in [0.1, 0.15) is 5.60 Å². The van der Waals surface area contributed by atoms with Crippen LogP contribution in [-0.4, -0.2) is 73.9 Å². The zero-order valence-corrected chi connectivity index (χ0v) is 21.7. The Kier molecular flexibility index (Phi) is 11.2. The Morgan fingerprint density at radius 1 is 1.13 bits per heavy atom. The maximum absolute atomic E-state index is 12.1. The molecule has 0 saturated carbocycles. The van der Waals surface area contributed by atoms with Gasteiger partial charge in [-0.2, -0.15) is 0 Å². The van der Waals surface area contributed by atoms with Crippen molar-refractivity contribution in [3.63, 3.8) is 0 Å². The molecule has 0 unspecified atom stereocenters. The maximum Gasteiger partial charge on any atom is 0.410 e. The van der Waals surface area contributed by atoms with Crippen molar-refractivity contribution >= 4 is 36.0 Å². The second-order valence-electron chi connectivity index (χ2n) is 8.22. The Bertz CT molecular complexity index is 729. The highest BCUT2D eigenvalue weighted by Gasteiger charge is 2.26. The van der Waals surface area contributed by atoms with E-state index in [2.05, 4.69) is 4.99 Å². The number of nitrogens with zero attached hydrogens (tertiary/aromatic N) is 3. The summed E-state index contributed by atoms with van der Waals surface area (Å²) in [5.74, 6) is 2.04. The SMILES string of the molecule is CCOc1cc(CCCN=C(N)N2CCN(C(=O)OC(C)(C)C)CC2)ccc1OC.I. The predicted octanol–water partition coefficient (Wildman–Crippen LogP) is 3.51. The monoisotopic (exact) mass is 548 g/mol. The number of carbonyl (C=O) groups is 1. The Balaban J connectivity index is 0.00000480. The molecule has 0 atom stereocenters. The highest BCUT2D eigenvalue weighted by atomic mass is 127. The molecule has 9 heteroatoms. The topological polar surface area (TPSA) is 89.6 Å². The molecule has 1 aliphatic rings. The lowest BCUT2D eigenvalue weighted by Gasteiger charge is -2.36. The second-order valence-corrected chi connectivity index (χ2v) is 8.22.